The van der Waals surface area contributed by atoms with Crippen LogP contribution in [0.4, 0.5) is 0 Å². The molecule has 3 aliphatic carbocycles. The Morgan fingerprint density at radius 1 is 0.277 bits per heavy atom. The highest BCUT2D eigenvalue weighted by molar-refractivity contribution is 5.83. The highest BCUT2D eigenvalue weighted by atomic mass is 15.1. The van der Waals surface area contributed by atoms with Crippen LogP contribution in [-0.2, 0) is 0 Å². The lowest BCUT2D eigenvalue weighted by molar-refractivity contribution is 0.754. The number of imidazole rings is 1. The summed E-state index contributed by atoms with van der Waals surface area (Å²) in [6.45, 7) is 0. The molecule has 8 nitrogen and oxygen atoms in total. The number of para-hydroxylation sites is 3. The van der Waals surface area contributed by atoms with Crippen LogP contribution in [0, 0.1) is 0 Å². The molecule has 0 N–H and O–H groups in total. The molecule has 65 heavy (non-hydrogen) atoms. The Hall–Kier alpha value is -8.75. The summed E-state index contributed by atoms with van der Waals surface area (Å²) in [5.41, 5.74) is 15.2. The Morgan fingerprint density at radius 2 is 0.646 bits per heavy atom. The van der Waals surface area contributed by atoms with E-state index in [1.807, 2.05) is 127 Å². The highest BCUT2D eigenvalue weighted by Gasteiger charge is 2.41. The van der Waals surface area contributed by atoms with Gasteiger partial charge in [0.2, 0.25) is 0 Å². The van der Waals surface area contributed by atoms with Gasteiger partial charge in [-0.1, -0.05) is 170 Å². The number of nitrogens with zero attached hydrogens (tertiary/aromatic N) is 8. The van der Waals surface area contributed by atoms with E-state index in [4.69, 9.17) is 34.9 Å². The molecule has 0 amide bonds. The first kappa shape index (κ1) is 36.9. The van der Waals surface area contributed by atoms with Crippen LogP contribution in [0.2, 0.25) is 0 Å². The Kier molecular flexibility index (Phi) is 8.48. The van der Waals surface area contributed by atoms with Crippen molar-refractivity contribution >= 4 is 11.0 Å². The molecule has 14 rings (SSSR count). The fourth-order valence-electron chi connectivity index (χ4n) is 9.77. The molecule has 3 heterocycles. The minimum Gasteiger partial charge on any atom is -0.290 e. The van der Waals surface area contributed by atoms with E-state index < -0.39 is 0 Å². The predicted octanol–water partition coefficient (Wildman–Crippen LogP) is 12.4. The third-order valence-corrected chi connectivity index (χ3v) is 12.7. The van der Waals surface area contributed by atoms with E-state index in [0.717, 1.165) is 44.5 Å². The smallest absolute Gasteiger partial charge is 0.200 e. The fraction of sp³-hybridized carbons (Fsp3) is 0.0351. The van der Waals surface area contributed by atoms with Crippen molar-refractivity contribution < 1.29 is 0 Å². The topological polar surface area (TPSA) is 95.2 Å². The van der Waals surface area contributed by atoms with Crippen LogP contribution in [0.1, 0.15) is 45.2 Å². The maximum Gasteiger partial charge on any atom is 0.200 e. The molecule has 2 unspecified atom stereocenters. The predicted molar refractivity (Wildman–Crippen MR) is 255 cm³/mol. The maximum absolute atomic E-state index is 5.26. The molecule has 0 saturated carbocycles. The molecule has 304 valence electrons. The molecule has 2 atom stereocenters. The molecule has 3 aliphatic rings. The summed E-state index contributed by atoms with van der Waals surface area (Å²) in [6, 6.07) is 71.2. The van der Waals surface area contributed by atoms with Gasteiger partial charge in [-0.25, -0.2) is 34.9 Å². The first-order valence-electron chi connectivity index (χ1n) is 21.8. The van der Waals surface area contributed by atoms with E-state index in [1.54, 1.807) is 0 Å². The minimum absolute atomic E-state index is 0.00509. The molecular formula is C57H36N8. The van der Waals surface area contributed by atoms with Gasteiger partial charge in [0.15, 0.2) is 40.8 Å². The monoisotopic (exact) mass is 832 g/mol. The second-order valence-electron chi connectivity index (χ2n) is 16.5. The Labute approximate surface area is 374 Å². The van der Waals surface area contributed by atoms with Crippen molar-refractivity contribution in [3.05, 3.63) is 240 Å². The van der Waals surface area contributed by atoms with Crippen LogP contribution >= 0.6 is 0 Å². The maximum atomic E-state index is 5.26. The molecule has 3 aromatic heterocycles. The van der Waals surface area contributed by atoms with E-state index >= 15 is 0 Å². The molecule has 0 fully saturated rings. The van der Waals surface area contributed by atoms with E-state index in [0.29, 0.717) is 40.8 Å². The SMILES string of the molecule is c1ccc(-c2nc(-c3ccccc3)nc(-c3ccc4c(c3)C3c5ccccc5C4c4cc(-c5nc(-c6ccccc6)nc(-c6nc7ccccc7n6-c6ccccc6)n5)ccc43)n2)cc1. The van der Waals surface area contributed by atoms with Gasteiger partial charge in [-0.2, -0.15) is 0 Å². The summed E-state index contributed by atoms with van der Waals surface area (Å²) in [5, 5.41) is 0. The molecule has 8 heteroatoms. The van der Waals surface area contributed by atoms with Crippen LogP contribution in [0.15, 0.2) is 206 Å². The van der Waals surface area contributed by atoms with E-state index in [1.165, 1.54) is 33.4 Å². The summed E-state index contributed by atoms with van der Waals surface area (Å²) >= 11 is 0. The van der Waals surface area contributed by atoms with E-state index in [9.17, 15) is 0 Å². The first-order valence-corrected chi connectivity index (χ1v) is 21.8. The molecule has 0 spiro atoms. The average molecular weight is 833 g/mol. The zero-order valence-electron chi connectivity index (χ0n) is 34.9. The average Bonchev–Trinajstić information content (AvgIpc) is 3.79. The molecule has 11 aromatic rings. The van der Waals surface area contributed by atoms with Crippen molar-refractivity contribution in [2.75, 3.05) is 0 Å². The zero-order chi connectivity index (χ0) is 42.8. The summed E-state index contributed by atoms with van der Waals surface area (Å²) in [7, 11) is 0. The number of hydrogen-bond donors (Lipinski definition) is 0. The molecule has 0 saturated heterocycles. The summed E-state index contributed by atoms with van der Waals surface area (Å²) in [6.07, 6.45) is 0. The van der Waals surface area contributed by atoms with Gasteiger partial charge < -0.3 is 0 Å². The lowest BCUT2D eigenvalue weighted by atomic mass is 9.61. The molecule has 0 aliphatic heterocycles. The van der Waals surface area contributed by atoms with Gasteiger partial charge in [-0.15, -0.1) is 0 Å². The third kappa shape index (κ3) is 6.18. The Balaban J connectivity index is 0.957. The van der Waals surface area contributed by atoms with Gasteiger partial charge in [0.25, 0.3) is 0 Å². The van der Waals surface area contributed by atoms with Crippen LogP contribution in [0.5, 0.6) is 0 Å². The number of fused-ring (bicyclic) bond motifs is 1. The van der Waals surface area contributed by atoms with Gasteiger partial charge >= 0.3 is 0 Å². The Morgan fingerprint density at radius 3 is 1.12 bits per heavy atom. The van der Waals surface area contributed by atoms with Crippen molar-refractivity contribution in [3.8, 4) is 74.3 Å². The van der Waals surface area contributed by atoms with Gasteiger partial charge in [-0.05, 0) is 69.8 Å². The number of hydrogen-bond acceptors (Lipinski definition) is 7. The lowest BCUT2D eigenvalue weighted by Crippen LogP contribution is -2.27. The summed E-state index contributed by atoms with van der Waals surface area (Å²) < 4.78 is 2.14. The Bertz CT molecular complexity index is 3550. The minimum atomic E-state index is 0.00509. The van der Waals surface area contributed by atoms with Crippen LogP contribution in [-0.4, -0.2) is 39.5 Å². The largest absolute Gasteiger partial charge is 0.290 e. The highest BCUT2D eigenvalue weighted by Crippen LogP contribution is 2.56. The van der Waals surface area contributed by atoms with Crippen molar-refractivity contribution in [1.82, 2.24) is 39.5 Å². The van der Waals surface area contributed by atoms with Gasteiger partial charge in [0.05, 0.1) is 11.0 Å². The van der Waals surface area contributed by atoms with Crippen molar-refractivity contribution in [1.29, 1.82) is 0 Å². The normalized spacial score (nSPS) is 14.5. The molecule has 0 radical (unpaired) electrons. The second kappa shape index (κ2) is 15.0. The number of aromatic nitrogens is 8. The number of benzene rings is 8. The van der Waals surface area contributed by atoms with Crippen LogP contribution in [0.3, 0.4) is 0 Å². The van der Waals surface area contributed by atoms with Crippen LogP contribution in [0.25, 0.3) is 85.3 Å². The van der Waals surface area contributed by atoms with Crippen molar-refractivity contribution in [2.45, 2.75) is 11.8 Å². The zero-order valence-corrected chi connectivity index (χ0v) is 34.9. The van der Waals surface area contributed by atoms with Gasteiger partial charge in [0, 0.05) is 45.3 Å². The molecule has 2 bridgehead atoms. The third-order valence-electron chi connectivity index (χ3n) is 12.7. The van der Waals surface area contributed by atoms with Gasteiger partial charge in [-0.3, -0.25) is 4.57 Å². The van der Waals surface area contributed by atoms with E-state index in [-0.39, 0.29) is 11.8 Å². The molecule has 8 aromatic carbocycles. The summed E-state index contributed by atoms with van der Waals surface area (Å²) in [4.78, 5) is 35.8. The van der Waals surface area contributed by atoms with E-state index in [2.05, 4.69) is 83.4 Å². The quantitative estimate of drug-likeness (QED) is 0.158. The fourth-order valence-corrected chi connectivity index (χ4v) is 9.77. The molecular weight excluding hydrogens is 797 g/mol. The second-order valence-corrected chi connectivity index (χ2v) is 16.5. The van der Waals surface area contributed by atoms with Crippen molar-refractivity contribution in [3.63, 3.8) is 0 Å². The van der Waals surface area contributed by atoms with Gasteiger partial charge in [0.1, 0.15) is 0 Å². The van der Waals surface area contributed by atoms with Crippen LogP contribution < -0.4 is 0 Å². The first-order chi connectivity index (χ1) is 32.2. The van der Waals surface area contributed by atoms with Crippen molar-refractivity contribution in [2.24, 2.45) is 0 Å². The lowest BCUT2D eigenvalue weighted by Gasteiger charge is -2.42. The number of rotatable bonds is 7. The summed E-state index contributed by atoms with van der Waals surface area (Å²) in [5.74, 6) is 4.28. The standard InChI is InChI=1S/C57H36N8/c1-5-17-35(18-6-1)51-59-52(36-19-7-2-8-20-36)61-54(60-51)38-29-31-43-45(33-38)49-41-25-13-14-26-42(41)50(43)46-34-39(30-32-44(46)49)55-62-53(37-21-9-3-10-22-37)63-56(64-55)57-58-47-27-15-16-28-48(47)65(57)40-23-11-4-12-24-40/h1-34,49-50H.